The lowest BCUT2D eigenvalue weighted by atomic mass is 9.96. The van der Waals surface area contributed by atoms with Crippen LogP contribution in [0.3, 0.4) is 0 Å². The van der Waals surface area contributed by atoms with E-state index in [1.165, 1.54) is 19.3 Å². The van der Waals surface area contributed by atoms with Gasteiger partial charge in [-0.1, -0.05) is 33.1 Å². The van der Waals surface area contributed by atoms with Crippen LogP contribution in [0.4, 0.5) is 0 Å². The molecule has 0 aliphatic rings. The monoisotopic (exact) mass is 226 g/mol. The van der Waals surface area contributed by atoms with E-state index in [4.69, 9.17) is 0 Å². The second-order valence-corrected chi connectivity index (χ2v) is 4.76. The van der Waals surface area contributed by atoms with Crippen molar-refractivity contribution >= 4 is 12.1 Å². The Bertz CT molecular complexity index is 187. The van der Waals surface area contributed by atoms with Crippen LogP contribution in [-0.4, -0.2) is 12.1 Å². The Morgan fingerprint density at radius 1 is 1.19 bits per heavy atom. The molecule has 2 nitrogen and oxygen atoms in total. The van der Waals surface area contributed by atoms with Gasteiger partial charge < -0.3 is 4.79 Å². The highest BCUT2D eigenvalue weighted by atomic mass is 16.1. The molecule has 0 rings (SSSR count). The van der Waals surface area contributed by atoms with Gasteiger partial charge in [-0.15, -0.1) is 0 Å². The largest absolute Gasteiger partial charge is 0.303 e. The number of hydrogen-bond acceptors (Lipinski definition) is 2. The van der Waals surface area contributed by atoms with Gasteiger partial charge in [-0.05, 0) is 25.2 Å². The Hall–Kier alpha value is -0.660. The van der Waals surface area contributed by atoms with E-state index in [0.717, 1.165) is 32.0 Å². The predicted octanol–water partition coefficient (Wildman–Crippen LogP) is 3.92. The first kappa shape index (κ1) is 15.3. The Kier molecular flexibility index (Phi) is 10.4. The highest BCUT2D eigenvalue weighted by Crippen LogP contribution is 2.14. The van der Waals surface area contributed by atoms with Crippen molar-refractivity contribution in [3.8, 4) is 0 Å². The van der Waals surface area contributed by atoms with E-state index in [9.17, 15) is 9.59 Å². The molecule has 16 heavy (non-hydrogen) atoms. The van der Waals surface area contributed by atoms with Crippen molar-refractivity contribution in [2.75, 3.05) is 0 Å². The minimum atomic E-state index is 0.398. The molecule has 0 aromatic heterocycles. The topological polar surface area (TPSA) is 34.1 Å². The lowest BCUT2D eigenvalue weighted by Gasteiger charge is -2.09. The van der Waals surface area contributed by atoms with Gasteiger partial charge in [0.05, 0.1) is 0 Å². The highest BCUT2D eigenvalue weighted by Gasteiger charge is 2.08. The van der Waals surface area contributed by atoms with Crippen molar-refractivity contribution in [1.29, 1.82) is 0 Å². The molecule has 0 aliphatic carbocycles. The normalized spacial score (nSPS) is 12.4. The molecule has 0 aromatic carbocycles. The summed E-state index contributed by atoms with van der Waals surface area (Å²) < 4.78 is 0. The van der Waals surface area contributed by atoms with Gasteiger partial charge in [0.1, 0.15) is 12.1 Å². The first-order valence-electron chi connectivity index (χ1n) is 6.66. The molecular weight excluding hydrogens is 200 g/mol. The average Bonchev–Trinajstić information content (AvgIpc) is 2.25. The third-order valence-corrected chi connectivity index (χ3v) is 2.90. The Balaban J connectivity index is 3.42. The Morgan fingerprint density at radius 3 is 2.56 bits per heavy atom. The quantitative estimate of drug-likeness (QED) is 0.395. The molecular formula is C14H26O2. The number of ketones is 1. The van der Waals surface area contributed by atoms with Crippen molar-refractivity contribution in [1.82, 2.24) is 0 Å². The molecule has 0 N–H and O–H groups in total. The number of aldehydes is 1. The zero-order valence-electron chi connectivity index (χ0n) is 10.8. The van der Waals surface area contributed by atoms with Crippen LogP contribution in [0.15, 0.2) is 0 Å². The van der Waals surface area contributed by atoms with Gasteiger partial charge in [0.2, 0.25) is 0 Å². The molecule has 0 bridgehead atoms. The molecule has 0 radical (unpaired) electrons. The van der Waals surface area contributed by atoms with Crippen LogP contribution in [0, 0.1) is 5.92 Å². The summed E-state index contributed by atoms with van der Waals surface area (Å²) in [5.74, 6) is 0.841. The van der Waals surface area contributed by atoms with E-state index < -0.39 is 0 Å². The summed E-state index contributed by atoms with van der Waals surface area (Å²) in [5.41, 5.74) is 0. The first-order chi connectivity index (χ1) is 7.70. The summed E-state index contributed by atoms with van der Waals surface area (Å²) >= 11 is 0. The van der Waals surface area contributed by atoms with Crippen LogP contribution in [0.1, 0.15) is 71.6 Å². The zero-order valence-corrected chi connectivity index (χ0v) is 10.8. The lowest BCUT2D eigenvalue weighted by molar-refractivity contribution is -0.120. The van der Waals surface area contributed by atoms with E-state index in [2.05, 4.69) is 13.8 Å². The van der Waals surface area contributed by atoms with Crippen LogP contribution in [-0.2, 0) is 9.59 Å². The van der Waals surface area contributed by atoms with Crippen LogP contribution in [0.2, 0.25) is 0 Å². The van der Waals surface area contributed by atoms with Crippen molar-refractivity contribution < 1.29 is 9.59 Å². The third kappa shape index (κ3) is 9.88. The first-order valence-corrected chi connectivity index (χ1v) is 6.66. The minimum absolute atomic E-state index is 0.398. The van der Waals surface area contributed by atoms with E-state index in [-0.39, 0.29) is 0 Å². The Morgan fingerprint density at radius 2 is 1.94 bits per heavy atom. The summed E-state index contributed by atoms with van der Waals surface area (Å²) in [6, 6.07) is 0. The summed E-state index contributed by atoms with van der Waals surface area (Å²) in [5, 5.41) is 0. The zero-order chi connectivity index (χ0) is 12.2. The van der Waals surface area contributed by atoms with E-state index in [1.807, 2.05) is 0 Å². The smallest absolute Gasteiger partial charge is 0.133 e. The van der Waals surface area contributed by atoms with E-state index in [0.29, 0.717) is 24.5 Å². The fraction of sp³-hybridized carbons (Fsp3) is 0.857. The molecule has 94 valence electrons. The number of carbonyl (C=O) groups is 2. The summed E-state index contributed by atoms with van der Waals surface area (Å²) in [4.78, 5) is 21.7. The molecule has 0 amide bonds. The number of Topliss-reactive ketones (excluding diaryl/α,β-unsaturated/α-hetero) is 1. The summed E-state index contributed by atoms with van der Waals surface area (Å²) in [6.07, 6.45) is 9.65. The van der Waals surface area contributed by atoms with Crippen molar-refractivity contribution in [3.05, 3.63) is 0 Å². The van der Waals surface area contributed by atoms with Gasteiger partial charge in [0, 0.05) is 19.3 Å². The molecule has 0 saturated carbocycles. The third-order valence-electron chi connectivity index (χ3n) is 2.90. The van der Waals surface area contributed by atoms with Gasteiger partial charge in [0.25, 0.3) is 0 Å². The fourth-order valence-corrected chi connectivity index (χ4v) is 1.89. The van der Waals surface area contributed by atoms with Gasteiger partial charge in [-0.2, -0.15) is 0 Å². The van der Waals surface area contributed by atoms with Gasteiger partial charge in [0.15, 0.2) is 0 Å². The molecule has 0 heterocycles. The maximum Gasteiger partial charge on any atom is 0.133 e. The molecule has 0 spiro atoms. The minimum Gasteiger partial charge on any atom is -0.303 e. The van der Waals surface area contributed by atoms with Crippen molar-refractivity contribution in [2.24, 2.45) is 5.92 Å². The van der Waals surface area contributed by atoms with Crippen LogP contribution in [0.25, 0.3) is 0 Å². The molecule has 0 fully saturated rings. The predicted molar refractivity (Wildman–Crippen MR) is 67.5 cm³/mol. The maximum atomic E-state index is 11.6. The maximum absolute atomic E-state index is 11.6. The number of unbranched alkanes of at least 4 members (excludes halogenated alkanes) is 4. The molecule has 0 aliphatic heterocycles. The van der Waals surface area contributed by atoms with Crippen LogP contribution >= 0.6 is 0 Å². The second-order valence-electron chi connectivity index (χ2n) is 4.76. The number of hydrogen-bond donors (Lipinski definition) is 0. The molecule has 0 saturated heterocycles. The lowest BCUT2D eigenvalue weighted by Crippen LogP contribution is -2.05. The average molecular weight is 226 g/mol. The van der Waals surface area contributed by atoms with E-state index >= 15 is 0 Å². The fourth-order valence-electron chi connectivity index (χ4n) is 1.89. The van der Waals surface area contributed by atoms with Crippen LogP contribution < -0.4 is 0 Å². The standard InChI is InChI=1S/C14H26O2/c1-3-4-5-6-10-14(16)12-13(2)9-7-8-11-15/h11,13H,3-10,12H2,1-2H3. The van der Waals surface area contributed by atoms with Crippen LogP contribution in [0.5, 0.6) is 0 Å². The Labute approximate surface area is 99.8 Å². The second kappa shape index (κ2) is 10.8. The van der Waals surface area contributed by atoms with E-state index in [1.54, 1.807) is 0 Å². The SMILES string of the molecule is CCCCCCC(=O)CC(C)CCCC=O. The molecule has 1 unspecified atom stereocenters. The number of rotatable bonds is 11. The highest BCUT2D eigenvalue weighted by molar-refractivity contribution is 5.78. The van der Waals surface area contributed by atoms with Gasteiger partial charge in [-0.3, -0.25) is 4.79 Å². The molecule has 0 aromatic rings. The summed E-state index contributed by atoms with van der Waals surface area (Å²) in [7, 11) is 0. The van der Waals surface area contributed by atoms with Crippen molar-refractivity contribution in [2.45, 2.75) is 71.6 Å². The summed E-state index contributed by atoms with van der Waals surface area (Å²) in [6.45, 7) is 4.28. The van der Waals surface area contributed by atoms with Gasteiger partial charge in [-0.25, -0.2) is 0 Å². The van der Waals surface area contributed by atoms with Gasteiger partial charge >= 0.3 is 0 Å². The number of carbonyl (C=O) groups excluding carboxylic acids is 2. The van der Waals surface area contributed by atoms with Crippen molar-refractivity contribution in [3.63, 3.8) is 0 Å². The molecule has 1 atom stereocenters. The molecule has 2 heteroatoms.